The molecular weight excluding hydrogens is 270 g/mol. The summed E-state index contributed by atoms with van der Waals surface area (Å²) < 4.78 is 5.77. The summed E-state index contributed by atoms with van der Waals surface area (Å²) in [5.41, 5.74) is 2.18. The Bertz CT molecular complexity index is 367. The first-order chi connectivity index (χ1) is 10.1. The van der Waals surface area contributed by atoms with E-state index in [2.05, 4.69) is 12.3 Å². The fourth-order valence-corrected chi connectivity index (χ4v) is 3.32. The third-order valence-electron chi connectivity index (χ3n) is 4.69. The maximum absolute atomic E-state index is 12.1. The number of hydrogen-bond acceptors (Lipinski definition) is 4. The fraction of sp³-hybridized carbons (Fsp3) is 0.867. The van der Waals surface area contributed by atoms with Gasteiger partial charge in [0.1, 0.15) is 6.61 Å². The number of piperidine rings is 1. The van der Waals surface area contributed by atoms with Gasteiger partial charge in [0.2, 0.25) is 11.8 Å². The summed E-state index contributed by atoms with van der Waals surface area (Å²) in [6.45, 7) is 3.64. The molecular formula is C15H27N3O3. The van der Waals surface area contributed by atoms with Crippen LogP contribution in [0.5, 0.6) is 0 Å². The van der Waals surface area contributed by atoms with Gasteiger partial charge >= 0.3 is 0 Å². The number of carbonyl (C=O) groups excluding carboxylic acids is 2. The Morgan fingerprint density at radius 2 is 1.95 bits per heavy atom. The van der Waals surface area contributed by atoms with E-state index >= 15 is 0 Å². The van der Waals surface area contributed by atoms with E-state index in [1.54, 1.807) is 4.90 Å². The lowest BCUT2D eigenvalue weighted by atomic mass is 9.89. The highest BCUT2D eigenvalue weighted by Crippen LogP contribution is 2.25. The van der Waals surface area contributed by atoms with Crippen LogP contribution in [0.15, 0.2) is 0 Å². The van der Waals surface area contributed by atoms with Crippen molar-refractivity contribution in [2.24, 2.45) is 17.7 Å². The maximum Gasteiger partial charge on any atom is 0.248 e. The van der Waals surface area contributed by atoms with E-state index in [1.807, 2.05) is 0 Å². The number of amides is 2. The molecule has 120 valence electrons. The Kier molecular flexibility index (Phi) is 5.99. The van der Waals surface area contributed by atoms with E-state index in [0.29, 0.717) is 31.8 Å². The van der Waals surface area contributed by atoms with Crippen molar-refractivity contribution in [2.45, 2.75) is 51.6 Å². The van der Waals surface area contributed by atoms with Crippen LogP contribution < -0.4 is 11.3 Å². The molecule has 21 heavy (non-hydrogen) atoms. The van der Waals surface area contributed by atoms with E-state index < -0.39 is 0 Å². The van der Waals surface area contributed by atoms with Crippen LogP contribution in [0, 0.1) is 11.8 Å². The summed E-state index contributed by atoms with van der Waals surface area (Å²) in [4.78, 5) is 25.4. The Hall–Kier alpha value is -1.14. The van der Waals surface area contributed by atoms with Crippen molar-refractivity contribution in [2.75, 3.05) is 19.7 Å². The largest absolute Gasteiger partial charge is 0.368 e. The number of ether oxygens (including phenoxy) is 1. The number of rotatable bonds is 4. The molecule has 1 heterocycles. The lowest BCUT2D eigenvalue weighted by Gasteiger charge is -2.32. The van der Waals surface area contributed by atoms with Gasteiger partial charge in [0.15, 0.2) is 0 Å². The zero-order valence-electron chi connectivity index (χ0n) is 12.8. The summed E-state index contributed by atoms with van der Waals surface area (Å²) in [5.74, 6) is 5.68. The van der Waals surface area contributed by atoms with E-state index in [9.17, 15) is 9.59 Å². The van der Waals surface area contributed by atoms with E-state index in [1.165, 1.54) is 12.8 Å². The van der Waals surface area contributed by atoms with Crippen LogP contribution in [0.25, 0.3) is 0 Å². The van der Waals surface area contributed by atoms with Gasteiger partial charge in [-0.3, -0.25) is 15.0 Å². The first-order valence-electron chi connectivity index (χ1n) is 8.00. The molecule has 0 bridgehead atoms. The maximum atomic E-state index is 12.1. The SMILES string of the molecule is CC1CCCC(OCC(=O)N2CCC(C(=O)NN)CC2)C1. The molecule has 1 saturated heterocycles. The second-order valence-electron chi connectivity index (χ2n) is 6.37. The number of carbonyl (C=O) groups is 2. The van der Waals surface area contributed by atoms with E-state index in [4.69, 9.17) is 10.6 Å². The van der Waals surface area contributed by atoms with Crippen molar-refractivity contribution in [1.82, 2.24) is 10.3 Å². The molecule has 6 heteroatoms. The topological polar surface area (TPSA) is 84.7 Å². The van der Waals surface area contributed by atoms with Crippen molar-refractivity contribution in [3.8, 4) is 0 Å². The molecule has 2 rings (SSSR count). The summed E-state index contributed by atoms with van der Waals surface area (Å²) in [6, 6.07) is 0. The highest BCUT2D eigenvalue weighted by Gasteiger charge is 2.27. The second kappa shape index (κ2) is 7.75. The van der Waals surface area contributed by atoms with Gasteiger partial charge in [-0.15, -0.1) is 0 Å². The van der Waals surface area contributed by atoms with Crippen molar-refractivity contribution < 1.29 is 14.3 Å². The van der Waals surface area contributed by atoms with Crippen molar-refractivity contribution >= 4 is 11.8 Å². The monoisotopic (exact) mass is 297 g/mol. The molecule has 2 aliphatic rings. The molecule has 0 aromatic heterocycles. The van der Waals surface area contributed by atoms with Gasteiger partial charge in [0.25, 0.3) is 0 Å². The molecule has 0 aromatic carbocycles. The Morgan fingerprint density at radius 3 is 2.57 bits per heavy atom. The number of likely N-dealkylation sites (tertiary alicyclic amines) is 1. The van der Waals surface area contributed by atoms with Gasteiger partial charge in [0.05, 0.1) is 6.10 Å². The van der Waals surface area contributed by atoms with Gasteiger partial charge in [0, 0.05) is 19.0 Å². The molecule has 2 amide bonds. The Balaban J connectivity index is 1.68. The second-order valence-corrected chi connectivity index (χ2v) is 6.37. The zero-order chi connectivity index (χ0) is 15.2. The normalized spacial score (nSPS) is 27.4. The number of nitrogens with two attached hydrogens (primary N) is 1. The summed E-state index contributed by atoms with van der Waals surface area (Å²) in [6.07, 6.45) is 6.18. The third-order valence-corrected chi connectivity index (χ3v) is 4.69. The minimum Gasteiger partial charge on any atom is -0.368 e. The van der Waals surface area contributed by atoms with Crippen LogP contribution in [-0.4, -0.2) is 42.5 Å². The molecule has 0 radical (unpaired) electrons. The average Bonchev–Trinajstić information content (AvgIpc) is 2.52. The van der Waals surface area contributed by atoms with Crippen LogP contribution in [0.2, 0.25) is 0 Å². The smallest absolute Gasteiger partial charge is 0.248 e. The highest BCUT2D eigenvalue weighted by atomic mass is 16.5. The minimum absolute atomic E-state index is 0.0415. The van der Waals surface area contributed by atoms with Crippen LogP contribution in [0.4, 0.5) is 0 Å². The molecule has 1 aliphatic carbocycles. The van der Waals surface area contributed by atoms with Gasteiger partial charge in [-0.05, 0) is 31.6 Å². The van der Waals surface area contributed by atoms with Crippen molar-refractivity contribution in [1.29, 1.82) is 0 Å². The van der Waals surface area contributed by atoms with E-state index in [0.717, 1.165) is 12.8 Å². The molecule has 2 unspecified atom stereocenters. The predicted molar refractivity (Wildman–Crippen MR) is 79.0 cm³/mol. The number of nitrogens with zero attached hydrogens (tertiary/aromatic N) is 1. The molecule has 3 N–H and O–H groups in total. The van der Waals surface area contributed by atoms with Crippen molar-refractivity contribution in [3.63, 3.8) is 0 Å². The molecule has 2 fully saturated rings. The quantitative estimate of drug-likeness (QED) is 0.457. The van der Waals surface area contributed by atoms with Crippen LogP contribution in [0.3, 0.4) is 0 Å². The molecule has 6 nitrogen and oxygen atoms in total. The molecule has 0 aromatic rings. The molecule has 0 spiro atoms. The summed E-state index contributed by atoms with van der Waals surface area (Å²) in [7, 11) is 0. The molecule has 1 aliphatic heterocycles. The standard InChI is InChI=1S/C15H27N3O3/c1-11-3-2-4-13(9-11)21-10-14(19)18-7-5-12(6-8-18)15(20)17-16/h11-13H,2-10,16H2,1H3,(H,17,20). The van der Waals surface area contributed by atoms with Crippen LogP contribution in [0.1, 0.15) is 45.4 Å². The van der Waals surface area contributed by atoms with Gasteiger partial charge in [-0.25, -0.2) is 5.84 Å². The first kappa shape index (κ1) is 16.2. The van der Waals surface area contributed by atoms with Gasteiger partial charge in [-0.1, -0.05) is 19.8 Å². The first-order valence-corrected chi connectivity index (χ1v) is 8.00. The third kappa shape index (κ3) is 4.68. The van der Waals surface area contributed by atoms with Crippen LogP contribution >= 0.6 is 0 Å². The van der Waals surface area contributed by atoms with Gasteiger partial charge < -0.3 is 9.64 Å². The lowest BCUT2D eigenvalue weighted by molar-refractivity contribution is -0.142. The lowest BCUT2D eigenvalue weighted by Crippen LogP contribution is -2.45. The predicted octanol–water partition coefficient (Wildman–Crippen LogP) is 0.810. The number of nitrogens with one attached hydrogen (secondary N) is 1. The summed E-state index contributed by atoms with van der Waals surface area (Å²) in [5, 5.41) is 0. The average molecular weight is 297 g/mol. The Morgan fingerprint density at radius 1 is 1.24 bits per heavy atom. The van der Waals surface area contributed by atoms with Gasteiger partial charge in [-0.2, -0.15) is 0 Å². The Labute approximate surface area is 126 Å². The molecule has 1 saturated carbocycles. The molecule has 2 atom stereocenters. The highest BCUT2D eigenvalue weighted by molar-refractivity contribution is 5.80. The fourth-order valence-electron chi connectivity index (χ4n) is 3.32. The van der Waals surface area contributed by atoms with E-state index in [-0.39, 0.29) is 30.4 Å². The minimum atomic E-state index is -0.130. The number of hydrazine groups is 1. The number of hydrogen-bond donors (Lipinski definition) is 2. The van der Waals surface area contributed by atoms with Crippen molar-refractivity contribution in [3.05, 3.63) is 0 Å². The summed E-state index contributed by atoms with van der Waals surface area (Å²) >= 11 is 0. The van der Waals surface area contributed by atoms with Crippen LogP contribution in [-0.2, 0) is 14.3 Å². The zero-order valence-corrected chi connectivity index (χ0v) is 12.8.